The first-order chi connectivity index (χ1) is 5.97. The topological polar surface area (TPSA) is 35.0 Å². The van der Waals surface area contributed by atoms with E-state index in [0.717, 1.165) is 4.60 Å². The van der Waals surface area contributed by atoms with Crippen LogP contribution in [0.5, 0.6) is 6.01 Å². The third kappa shape index (κ3) is 4.22. The van der Waals surface area contributed by atoms with E-state index in [1.165, 1.54) is 0 Å². The van der Waals surface area contributed by atoms with Crippen molar-refractivity contribution in [2.45, 2.75) is 20.8 Å². The van der Waals surface area contributed by atoms with Crippen molar-refractivity contribution in [1.82, 2.24) is 9.97 Å². The summed E-state index contributed by atoms with van der Waals surface area (Å²) in [7, 11) is 0. The second-order valence-electron chi connectivity index (χ2n) is 4.01. The Morgan fingerprint density at radius 1 is 1.46 bits per heavy atom. The Labute approximate surface area is 86.7 Å². The van der Waals surface area contributed by atoms with E-state index in [9.17, 15) is 0 Å². The molecular formula is C9H13BrN2O. The van der Waals surface area contributed by atoms with E-state index in [2.05, 4.69) is 46.7 Å². The summed E-state index contributed by atoms with van der Waals surface area (Å²) in [5, 5.41) is 0. The number of rotatable bonds is 2. The Morgan fingerprint density at radius 2 is 2.15 bits per heavy atom. The molecular weight excluding hydrogens is 232 g/mol. The van der Waals surface area contributed by atoms with Crippen LogP contribution in [0.4, 0.5) is 0 Å². The maximum absolute atomic E-state index is 5.40. The molecule has 0 unspecified atom stereocenters. The van der Waals surface area contributed by atoms with Gasteiger partial charge in [0.15, 0.2) is 0 Å². The highest BCUT2D eigenvalue weighted by Gasteiger charge is 2.11. The second kappa shape index (κ2) is 4.05. The molecule has 3 nitrogen and oxygen atoms in total. The Morgan fingerprint density at radius 3 is 2.69 bits per heavy atom. The van der Waals surface area contributed by atoms with Gasteiger partial charge in [0.25, 0.3) is 0 Å². The molecule has 0 atom stereocenters. The van der Waals surface area contributed by atoms with Crippen LogP contribution in [0.2, 0.25) is 0 Å². The highest BCUT2D eigenvalue weighted by atomic mass is 79.9. The lowest BCUT2D eigenvalue weighted by atomic mass is 9.99. The second-order valence-corrected chi connectivity index (χ2v) is 4.82. The minimum atomic E-state index is 0.131. The standard InChI is InChI=1S/C9H13BrN2O/c1-9(2,3)6-13-8-11-5-4-7(10)12-8/h4-5H,6H2,1-3H3. The molecule has 0 N–H and O–H groups in total. The molecule has 13 heavy (non-hydrogen) atoms. The molecule has 0 aliphatic heterocycles. The molecule has 1 rings (SSSR count). The Balaban J connectivity index is 2.55. The predicted octanol–water partition coefficient (Wildman–Crippen LogP) is 2.66. The van der Waals surface area contributed by atoms with E-state index in [1.54, 1.807) is 12.3 Å². The van der Waals surface area contributed by atoms with Crippen molar-refractivity contribution in [2.75, 3.05) is 6.61 Å². The first-order valence-corrected chi connectivity index (χ1v) is 4.88. The van der Waals surface area contributed by atoms with Gasteiger partial charge in [-0.05, 0) is 27.4 Å². The fourth-order valence-electron chi connectivity index (χ4n) is 0.671. The smallest absolute Gasteiger partial charge is 0.317 e. The van der Waals surface area contributed by atoms with Gasteiger partial charge < -0.3 is 4.74 Å². The molecule has 0 amide bonds. The van der Waals surface area contributed by atoms with Gasteiger partial charge >= 0.3 is 6.01 Å². The lowest BCUT2D eigenvalue weighted by Crippen LogP contribution is -2.17. The average Bonchev–Trinajstić information content (AvgIpc) is 2.00. The molecule has 4 heteroatoms. The van der Waals surface area contributed by atoms with Crippen molar-refractivity contribution < 1.29 is 4.74 Å². The van der Waals surface area contributed by atoms with Crippen molar-refractivity contribution in [1.29, 1.82) is 0 Å². The molecule has 0 spiro atoms. The third-order valence-corrected chi connectivity index (χ3v) is 1.68. The first kappa shape index (κ1) is 10.4. The largest absolute Gasteiger partial charge is 0.463 e. The molecule has 1 heterocycles. The van der Waals surface area contributed by atoms with Crippen LogP contribution in [-0.4, -0.2) is 16.6 Å². The lowest BCUT2D eigenvalue weighted by molar-refractivity contribution is 0.184. The zero-order valence-corrected chi connectivity index (χ0v) is 9.63. The van der Waals surface area contributed by atoms with Gasteiger partial charge in [-0.1, -0.05) is 20.8 Å². The molecule has 72 valence electrons. The van der Waals surface area contributed by atoms with Crippen LogP contribution in [0.25, 0.3) is 0 Å². The predicted molar refractivity (Wildman–Crippen MR) is 54.7 cm³/mol. The Hall–Kier alpha value is -0.640. The van der Waals surface area contributed by atoms with Crippen molar-refractivity contribution in [2.24, 2.45) is 5.41 Å². The zero-order chi connectivity index (χ0) is 9.90. The fraction of sp³-hybridized carbons (Fsp3) is 0.556. The monoisotopic (exact) mass is 244 g/mol. The van der Waals surface area contributed by atoms with Gasteiger partial charge in [-0.25, -0.2) is 4.98 Å². The molecule has 0 saturated heterocycles. The minimum Gasteiger partial charge on any atom is -0.463 e. The van der Waals surface area contributed by atoms with Gasteiger partial charge in [-0.15, -0.1) is 0 Å². The highest BCUT2D eigenvalue weighted by molar-refractivity contribution is 9.10. The minimum absolute atomic E-state index is 0.131. The molecule has 1 aromatic heterocycles. The first-order valence-electron chi connectivity index (χ1n) is 4.09. The number of ether oxygens (including phenoxy) is 1. The van der Waals surface area contributed by atoms with Crippen LogP contribution in [0.15, 0.2) is 16.9 Å². The van der Waals surface area contributed by atoms with Crippen molar-refractivity contribution >= 4 is 15.9 Å². The summed E-state index contributed by atoms with van der Waals surface area (Å²) < 4.78 is 6.14. The molecule has 0 bridgehead atoms. The number of hydrogen-bond donors (Lipinski definition) is 0. The maximum Gasteiger partial charge on any atom is 0.317 e. The van der Waals surface area contributed by atoms with Gasteiger partial charge in [-0.3, -0.25) is 0 Å². The summed E-state index contributed by atoms with van der Waals surface area (Å²) in [6.45, 7) is 6.92. The van der Waals surface area contributed by atoms with Crippen molar-refractivity contribution in [3.8, 4) is 6.01 Å². The average molecular weight is 245 g/mol. The third-order valence-electron chi connectivity index (χ3n) is 1.23. The van der Waals surface area contributed by atoms with Crippen LogP contribution < -0.4 is 4.74 Å². The summed E-state index contributed by atoms with van der Waals surface area (Å²) in [5.41, 5.74) is 0.131. The molecule has 0 radical (unpaired) electrons. The van der Waals surface area contributed by atoms with Gasteiger partial charge in [0, 0.05) is 6.20 Å². The molecule has 0 aromatic carbocycles. The van der Waals surface area contributed by atoms with E-state index in [4.69, 9.17) is 4.74 Å². The normalized spacial score (nSPS) is 11.4. The van der Waals surface area contributed by atoms with Gasteiger partial charge in [0.1, 0.15) is 4.60 Å². The van der Waals surface area contributed by atoms with E-state index in [-0.39, 0.29) is 5.41 Å². The summed E-state index contributed by atoms with van der Waals surface area (Å²) in [6.07, 6.45) is 1.66. The van der Waals surface area contributed by atoms with Crippen molar-refractivity contribution in [3.63, 3.8) is 0 Å². The molecule has 0 aliphatic carbocycles. The van der Waals surface area contributed by atoms with Crippen LogP contribution in [0.1, 0.15) is 20.8 Å². The van der Waals surface area contributed by atoms with Crippen LogP contribution in [0.3, 0.4) is 0 Å². The summed E-state index contributed by atoms with van der Waals surface area (Å²) in [5.74, 6) is 0. The number of halogens is 1. The molecule has 0 fully saturated rings. The van der Waals surface area contributed by atoms with Crippen LogP contribution >= 0.6 is 15.9 Å². The lowest BCUT2D eigenvalue weighted by Gasteiger charge is -2.17. The molecule has 0 aliphatic rings. The summed E-state index contributed by atoms with van der Waals surface area (Å²) >= 11 is 3.25. The van der Waals surface area contributed by atoms with Crippen LogP contribution in [-0.2, 0) is 0 Å². The molecule has 1 aromatic rings. The van der Waals surface area contributed by atoms with E-state index in [0.29, 0.717) is 12.6 Å². The Kier molecular flexibility index (Phi) is 3.25. The number of nitrogens with zero attached hydrogens (tertiary/aromatic N) is 2. The van der Waals surface area contributed by atoms with Gasteiger partial charge in [0.2, 0.25) is 0 Å². The Bertz CT molecular complexity index is 283. The number of aromatic nitrogens is 2. The van der Waals surface area contributed by atoms with Crippen molar-refractivity contribution in [3.05, 3.63) is 16.9 Å². The van der Waals surface area contributed by atoms with Gasteiger partial charge in [-0.2, -0.15) is 4.98 Å². The van der Waals surface area contributed by atoms with Gasteiger partial charge in [0.05, 0.1) is 6.61 Å². The summed E-state index contributed by atoms with van der Waals surface area (Å²) in [4.78, 5) is 8.04. The van der Waals surface area contributed by atoms with E-state index < -0.39 is 0 Å². The zero-order valence-electron chi connectivity index (χ0n) is 8.04. The summed E-state index contributed by atoms with van der Waals surface area (Å²) in [6, 6.07) is 2.19. The fourth-order valence-corrected chi connectivity index (χ4v) is 0.941. The quantitative estimate of drug-likeness (QED) is 0.751. The highest BCUT2D eigenvalue weighted by Crippen LogP contribution is 2.15. The van der Waals surface area contributed by atoms with E-state index in [1.807, 2.05) is 0 Å². The van der Waals surface area contributed by atoms with E-state index >= 15 is 0 Å². The SMILES string of the molecule is CC(C)(C)COc1nccc(Br)n1. The van der Waals surface area contributed by atoms with Crippen LogP contribution in [0, 0.1) is 5.41 Å². The molecule has 0 saturated carbocycles. The number of hydrogen-bond acceptors (Lipinski definition) is 3. The maximum atomic E-state index is 5.40.